The van der Waals surface area contributed by atoms with Gasteiger partial charge in [0.05, 0.1) is 6.04 Å². The van der Waals surface area contributed by atoms with Gasteiger partial charge < -0.3 is 20.4 Å². The van der Waals surface area contributed by atoms with Gasteiger partial charge in [0.25, 0.3) is 11.8 Å². The Balaban J connectivity index is 1.55. The zero-order valence-corrected chi connectivity index (χ0v) is 28.5. The molecule has 2 aliphatic rings. The van der Waals surface area contributed by atoms with E-state index in [2.05, 4.69) is 38.0 Å². The van der Waals surface area contributed by atoms with Gasteiger partial charge in [-0.15, -0.1) is 5.10 Å². The van der Waals surface area contributed by atoms with Gasteiger partial charge in [0.15, 0.2) is 5.78 Å². The lowest BCUT2D eigenvalue weighted by molar-refractivity contribution is -0.148. The molecule has 4 rings (SSSR count). The molecule has 1 aromatic carbocycles. The van der Waals surface area contributed by atoms with E-state index >= 15 is 4.39 Å². The Kier molecular flexibility index (Phi) is 12.0. The number of hydrogen-bond donors (Lipinski definition) is 2. The number of nitrogens with zero attached hydrogens (tertiary/aromatic N) is 6. The lowest BCUT2D eigenvalue weighted by Gasteiger charge is -2.40. The number of tetrazole rings is 1. The van der Waals surface area contributed by atoms with Crippen molar-refractivity contribution < 1.29 is 32.3 Å². The highest BCUT2D eigenvalue weighted by Crippen LogP contribution is 2.32. The van der Waals surface area contributed by atoms with E-state index in [0.29, 0.717) is 44.6 Å². The van der Waals surface area contributed by atoms with Crippen LogP contribution in [0.4, 0.5) is 13.2 Å². The minimum atomic E-state index is -3.73. The summed E-state index contributed by atoms with van der Waals surface area (Å²) in [5, 5.41) is 16.2. The number of piperazine rings is 1. The summed E-state index contributed by atoms with van der Waals surface area (Å²) in [6.07, 6.45) is 2.92. The van der Waals surface area contributed by atoms with Crippen molar-refractivity contribution in [3.63, 3.8) is 0 Å². The quantitative estimate of drug-likeness (QED) is 0.350. The summed E-state index contributed by atoms with van der Waals surface area (Å²) in [4.78, 5) is 56.5. The monoisotopic (exact) mass is 676 g/mol. The molecule has 0 radical (unpaired) electrons. The second kappa shape index (κ2) is 15.6. The summed E-state index contributed by atoms with van der Waals surface area (Å²) in [5.74, 6) is -8.09. The summed E-state index contributed by atoms with van der Waals surface area (Å²) >= 11 is 0. The van der Waals surface area contributed by atoms with Crippen molar-refractivity contribution >= 4 is 23.5 Å². The maximum Gasteiger partial charge on any atom is 0.321 e. The summed E-state index contributed by atoms with van der Waals surface area (Å²) in [5.41, 5.74) is 0.374. The Morgan fingerprint density at radius 1 is 1.06 bits per heavy atom. The molecule has 1 aliphatic carbocycles. The topological polar surface area (TPSA) is 142 Å². The Hall–Kier alpha value is -3.88. The zero-order chi connectivity index (χ0) is 35.3. The number of aryl methyl sites for hydroxylation is 1. The van der Waals surface area contributed by atoms with E-state index in [4.69, 9.17) is 0 Å². The molecule has 3 amide bonds. The SMILES string of the molecule is CCn1nnnc1C(=O)N[C@H](C(=O)Cc1ccc([C@H](C)[C@@H](NC(=O)C(C)(F)F)C(=O)N2CCN(C)[C@H](C)C2)cc1F)C1CCC(C)CC1. The Morgan fingerprint density at radius 2 is 1.75 bits per heavy atom. The molecule has 48 heavy (non-hydrogen) atoms. The first kappa shape index (κ1) is 36.9. The molecule has 1 aliphatic heterocycles. The minimum Gasteiger partial charge on any atom is -0.339 e. The summed E-state index contributed by atoms with van der Waals surface area (Å²) < 4.78 is 44.9. The van der Waals surface area contributed by atoms with E-state index in [1.165, 1.54) is 27.8 Å². The van der Waals surface area contributed by atoms with Crippen molar-refractivity contribution in [2.75, 3.05) is 26.7 Å². The fourth-order valence-electron chi connectivity index (χ4n) is 6.46. The van der Waals surface area contributed by atoms with Gasteiger partial charge in [-0.2, -0.15) is 8.78 Å². The maximum atomic E-state index is 15.7. The smallest absolute Gasteiger partial charge is 0.321 e. The first-order chi connectivity index (χ1) is 22.6. The fourth-order valence-corrected chi connectivity index (χ4v) is 6.46. The third-order valence-electron chi connectivity index (χ3n) is 9.89. The predicted octanol–water partition coefficient (Wildman–Crippen LogP) is 2.97. The summed E-state index contributed by atoms with van der Waals surface area (Å²) in [6, 6.07) is 1.88. The number of rotatable bonds is 12. The number of carbonyl (C=O) groups is 4. The fraction of sp³-hybridized carbons (Fsp3) is 0.667. The van der Waals surface area contributed by atoms with E-state index < -0.39 is 47.5 Å². The minimum absolute atomic E-state index is 0.0172. The molecule has 0 unspecified atom stereocenters. The first-order valence-electron chi connectivity index (χ1n) is 16.7. The molecular formula is C33H47F3N8O4. The number of hydrogen-bond acceptors (Lipinski definition) is 8. The molecule has 4 atom stereocenters. The zero-order valence-electron chi connectivity index (χ0n) is 28.5. The van der Waals surface area contributed by atoms with Gasteiger partial charge in [-0.1, -0.05) is 38.8 Å². The highest BCUT2D eigenvalue weighted by Gasteiger charge is 2.40. The van der Waals surface area contributed by atoms with Crippen molar-refractivity contribution in [3.8, 4) is 0 Å². The van der Waals surface area contributed by atoms with Gasteiger partial charge in [-0.25, -0.2) is 9.07 Å². The highest BCUT2D eigenvalue weighted by atomic mass is 19.3. The van der Waals surface area contributed by atoms with Crippen LogP contribution in [0.2, 0.25) is 0 Å². The van der Waals surface area contributed by atoms with E-state index in [9.17, 15) is 28.0 Å². The van der Waals surface area contributed by atoms with Crippen molar-refractivity contribution in [3.05, 3.63) is 41.0 Å². The molecule has 0 bridgehead atoms. The predicted molar refractivity (Wildman–Crippen MR) is 171 cm³/mol. The molecule has 1 saturated heterocycles. The van der Waals surface area contributed by atoms with Crippen LogP contribution in [0.15, 0.2) is 18.2 Å². The molecule has 0 spiro atoms. The van der Waals surface area contributed by atoms with Crippen LogP contribution in [0.3, 0.4) is 0 Å². The summed E-state index contributed by atoms with van der Waals surface area (Å²) in [7, 11) is 1.92. The number of ketones is 1. The Bertz CT molecular complexity index is 1470. The largest absolute Gasteiger partial charge is 0.339 e. The number of aromatic nitrogens is 4. The van der Waals surface area contributed by atoms with Crippen LogP contribution >= 0.6 is 0 Å². The number of amides is 3. The Morgan fingerprint density at radius 3 is 2.35 bits per heavy atom. The third kappa shape index (κ3) is 8.77. The third-order valence-corrected chi connectivity index (χ3v) is 9.89. The number of likely N-dealkylation sites (N-methyl/N-ethyl adjacent to an activating group) is 1. The van der Waals surface area contributed by atoms with Crippen molar-refractivity contribution in [2.24, 2.45) is 11.8 Å². The highest BCUT2D eigenvalue weighted by molar-refractivity contribution is 5.96. The molecule has 15 heteroatoms. The normalized spacial score (nSPS) is 22.4. The number of alkyl halides is 2. The van der Waals surface area contributed by atoms with Crippen LogP contribution in [0.5, 0.6) is 0 Å². The second-order valence-corrected chi connectivity index (χ2v) is 13.5. The number of carbonyl (C=O) groups excluding carboxylic acids is 4. The maximum absolute atomic E-state index is 15.7. The average Bonchev–Trinajstić information content (AvgIpc) is 3.53. The lowest BCUT2D eigenvalue weighted by atomic mass is 9.77. The number of Topliss-reactive ketones (excluding diaryl/α,β-unsaturated/α-hetero) is 1. The molecule has 2 heterocycles. The van der Waals surface area contributed by atoms with Gasteiger partial charge in [0.1, 0.15) is 11.9 Å². The van der Waals surface area contributed by atoms with Crippen molar-refractivity contribution in [1.82, 2.24) is 40.6 Å². The molecule has 1 saturated carbocycles. The number of halogens is 3. The molecule has 1 aromatic heterocycles. The van der Waals surface area contributed by atoms with Crippen LogP contribution < -0.4 is 10.6 Å². The summed E-state index contributed by atoms with van der Waals surface area (Å²) in [6.45, 7) is 9.50. The van der Waals surface area contributed by atoms with Crippen molar-refractivity contribution in [1.29, 1.82) is 0 Å². The standard InChI is InChI=1S/C33H47F3N8O4/c1-7-44-29(39-40-41-44)30(46)37-28(22-10-8-19(2)9-11-22)26(45)17-24-13-12-23(16-25(24)34)21(4)27(38-32(48)33(5,35)36)31(47)43-15-14-42(6)20(3)18-43/h12-13,16,19-22,27-28H,7-11,14-15,17-18H2,1-6H3,(H,37,46)(H,38,48)/t19?,20-,21+,22?,27-,28+/m1/s1. The molecule has 12 nitrogen and oxygen atoms in total. The van der Waals surface area contributed by atoms with Gasteiger partial charge in [-0.3, -0.25) is 19.2 Å². The van der Waals surface area contributed by atoms with Crippen LogP contribution in [-0.2, 0) is 27.3 Å². The molecular weight excluding hydrogens is 629 g/mol. The molecule has 2 aromatic rings. The van der Waals surface area contributed by atoms with E-state index in [0.717, 1.165) is 25.7 Å². The van der Waals surface area contributed by atoms with Gasteiger partial charge >= 0.3 is 5.92 Å². The van der Waals surface area contributed by atoms with Gasteiger partial charge in [0.2, 0.25) is 11.7 Å². The van der Waals surface area contributed by atoms with Crippen LogP contribution in [-0.4, -0.2) is 104 Å². The second-order valence-electron chi connectivity index (χ2n) is 13.5. The van der Waals surface area contributed by atoms with Gasteiger partial charge in [-0.05, 0) is 73.2 Å². The molecule has 2 N–H and O–H groups in total. The van der Waals surface area contributed by atoms with E-state index in [1.807, 2.05) is 14.0 Å². The van der Waals surface area contributed by atoms with Crippen molar-refractivity contribution in [2.45, 2.75) is 103 Å². The van der Waals surface area contributed by atoms with Crippen LogP contribution in [0, 0.1) is 17.7 Å². The Labute approximate surface area is 279 Å². The average molecular weight is 677 g/mol. The number of nitrogens with one attached hydrogen (secondary N) is 2. The van der Waals surface area contributed by atoms with E-state index in [-0.39, 0.29) is 35.6 Å². The van der Waals surface area contributed by atoms with Gasteiger partial charge in [0, 0.05) is 51.5 Å². The number of benzene rings is 1. The molecule has 2 fully saturated rings. The van der Waals surface area contributed by atoms with Crippen LogP contribution in [0.25, 0.3) is 0 Å². The van der Waals surface area contributed by atoms with E-state index in [1.54, 1.807) is 13.8 Å². The van der Waals surface area contributed by atoms with Crippen LogP contribution in [0.1, 0.15) is 88.0 Å². The molecule has 264 valence electrons. The lowest BCUT2D eigenvalue weighted by Crippen LogP contribution is -2.59. The first-order valence-corrected chi connectivity index (χ1v) is 16.7.